The van der Waals surface area contributed by atoms with Gasteiger partial charge in [0.15, 0.2) is 0 Å². The molecule has 0 heterocycles. The van der Waals surface area contributed by atoms with Crippen molar-refractivity contribution in [2.24, 2.45) is 0 Å². The fourth-order valence-corrected chi connectivity index (χ4v) is 0. The Bertz CT molecular complexity index is 62.8. The maximum atomic E-state index is 8.33. The molecule has 0 N–H and O–H groups in total. The fourth-order valence-electron chi connectivity index (χ4n) is 0. The van der Waals surface area contributed by atoms with E-state index in [2.05, 4.69) is 36.4 Å². The van der Waals surface area contributed by atoms with Gasteiger partial charge in [0.1, 0.15) is 0 Å². The zero-order chi connectivity index (χ0) is 7.15. The van der Waals surface area contributed by atoms with E-state index in [9.17, 15) is 0 Å². The first-order chi connectivity index (χ1) is 3.46. The molecule has 0 radical (unpaired) electrons. The molecule has 0 amide bonds. The van der Waals surface area contributed by atoms with Crippen molar-refractivity contribution in [3.05, 3.63) is 0 Å². The van der Waals surface area contributed by atoms with Crippen LogP contribution in [0, 0.1) is 0 Å². The van der Waals surface area contributed by atoms with Crippen molar-refractivity contribution in [3.8, 4) is 0 Å². The quantitative estimate of drug-likeness (QED) is 0.254. The van der Waals surface area contributed by atoms with E-state index in [1.165, 1.54) is 0 Å². The SMILES string of the molecule is CC(C)I.O=C([O-])[O-].[K+].[K+]. The normalized spacial score (nSPS) is 6.00. The zero-order valence-electron chi connectivity index (χ0n) is 6.68. The first kappa shape index (κ1) is 23.3. The van der Waals surface area contributed by atoms with Crippen LogP contribution in [-0.4, -0.2) is 10.1 Å². The molecule has 0 bridgehead atoms. The number of carbonyl (C=O) groups is 1. The Hall–Kier alpha value is 3.27. The molecule has 0 fully saturated rings. The van der Waals surface area contributed by atoms with Crippen LogP contribution in [0.5, 0.6) is 0 Å². The van der Waals surface area contributed by atoms with Crippen LogP contribution in [0.2, 0.25) is 0 Å². The predicted octanol–water partition coefficient (Wildman–Crippen LogP) is -6.61. The minimum atomic E-state index is -2.33. The molecule has 0 aliphatic carbocycles. The van der Waals surface area contributed by atoms with E-state index in [1.807, 2.05) is 0 Å². The van der Waals surface area contributed by atoms with Crippen LogP contribution in [0.15, 0.2) is 0 Å². The van der Waals surface area contributed by atoms with Gasteiger partial charge in [-0.3, -0.25) is 0 Å². The molecule has 0 saturated heterocycles. The zero-order valence-corrected chi connectivity index (χ0v) is 15.1. The molecular weight excluding hydrogens is 301 g/mol. The van der Waals surface area contributed by atoms with Crippen molar-refractivity contribution in [1.82, 2.24) is 0 Å². The molecule has 6 heteroatoms. The van der Waals surface area contributed by atoms with E-state index in [0.717, 1.165) is 3.92 Å². The molecule has 0 aromatic carbocycles. The Kier molecular flexibility index (Phi) is 42.2. The Morgan fingerprint density at radius 1 is 1.30 bits per heavy atom. The van der Waals surface area contributed by atoms with Crippen LogP contribution in [0.4, 0.5) is 4.79 Å². The summed E-state index contributed by atoms with van der Waals surface area (Å²) in [5.41, 5.74) is 0. The maximum absolute atomic E-state index is 8.33. The molecule has 0 aliphatic heterocycles. The van der Waals surface area contributed by atoms with Crippen LogP contribution in [0.25, 0.3) is 0 Å². The van der Waals surface area contributed by atoms with Gasteiger partial charge in [-0.05, 0) is 6.16 Å². The van der Waals surface area contributed by atoms with E-state index in [0.29, 0.717) is 0 Å². The molecule has 0 aliphatic rings. The Balaban J connectivity index is -0.0000000300. The van der Waals surface area contributed by atoms with Crippen molar-refractivity contribution >= 4 is 28.7 Å². The minimum Gasteiger partial charge on any atom is -0.652 e. The Morgan fingerprint density at radius 2 is 1.30 bits per heavy atom. The van der Waals surface area contributed by atoms with Crippen LogP contribution in [0.3, 0.4) is 0 Å². The summed E-state index contributed by atoms with van der Waals surface area (Å²) in [7, 11) is 0. The largest absolute Gasteiger partial charge is 1.00 e. The van der Waals surface area contributed by atoms with Gasteiger partial charge < -0.3 is 15.0 Å². The van der Waals surface area contributed by atoms with E-state index in [-0.39, 0.29) is 103 Å². The summed E-state index contributed by atoms with van der Waals surface area (Å²) in [5.74, 6) is 0. The predicted molar refractivity (Wildman–Crippen MR) is 34.6 cm³/mol. The number of alkyl halides is 1. The first-order valence-electron chi connectivity index (χ1n) is 1.99. The van der Waals surface area contributed by atoms with Gasteiger partial charge in [0, 0.05) is 3.92 Å². The summed E-state index contributed by atoms with van der Waals surface area (Å²) in [4.78, 5) is 8.33. The minimum absolute atomic E-state index is 0. The van der Waals surface area contributed by atoms with Gasteiger partial charge in [0.05, 0.1) is 0 Å². The van der Waals surface area contributed by atoms with Crippen LogP contribution in [-0.2, 0) is 0 Å². The summed E-state index contributed by atoms with van der Waals surface area (Å²) in [5, 5.41) is 16.7. The standard InChI is InChI=1S/C3H7I.CH2O3.2K/c1-3(2)4;2-1(3)4;;/h3H,1-2H3;(H2,2,3,4);;/q;;2*+1/p-2. The molecule has 3 nitrogen and oxygen atoms in total. The molecule has 0 aromatic heterocycles. The van der Waals surface area contributed by atoms with E-state index in [1.54, 1.807) is 0 Å². The molecule has 0 atom stereocenters. The fraction of sp³-hybridized carbons (Fsp3) is 0.750. The van der Waals surface area contributed by atoms with E-state index < -0.39 is 6.16 Å². The topological polar surface area (TPSA) is 63.2 Å². The molecular formula is C4H7IK2O3. The summed E-state index contributed by atoms with van der Waals surface area (Å²) in [6, 6.07) is 0. The van der Waals surface area contributed by atoms with Gasteiger partial charge >= 0.3 is 103 Å². The number of carbonyl (C=O) groups excluding carboxylic acids is 1. The molecule has 50 valence electrons. The maximum Gasteiger partial charge on any atom is 1.00 e. The Morgan fingerprint density at radius 3 is 1.30 bits per heavy atom. The van der Waals surface area contributed by atoms with E-state index in [4.69, 9.17) is 15.0 Å². The van der Waals surface area contributed by atoms with Crippen molar-refractivity contribution in [3.63, 3.8) is 0 Å². The van der Waals surface area contributed by atoms with Gasteiger partial charge in [-0.25, -0.2) is 0 Å². The third-order valence-corrected chi connectivity index (χ3v) is 0. The molecule has 0 spiro atoms. The van der Waals surface area contributed by atoms with Gasteiger partial charge in [-0.1, -0.05) is 36.4 Å². The molecule has 0 aromatic rings. The second kappa shape index (κ2) is 18.1. The second-order valence-corrected chi connectivity index (χ2v) is 3.76. The van der Waals surface area contributed by atoms with Gasteiger partial charge in [0.25, 0.3) is 0 Å². The summed E-state index contributed by atoms with van der Waals surface area (Å²) in [6.45, 7) is 4.31. The summed E-state index contributed by atoms with van der Waals surface area (Å²) >= 11 is 2.34. The molecule has 10 heavy (non-hydrogen) atoms. The number of hydrogen-bond acceptors (Lipinski definition) is 3. The molecule has 0 saturated carbocycles. The average molecular weight is 308 g/mol. The van der Waals surface area contributed by atoms with E-state index >= 15 is 0 Å². The van der Waals surface area contributed by atoms with Crippen LogP contribution >= 0.6 is 22.6 Å². The van der Waals surface area contributed by atoms with Crippen molar-refractivity contribution in [2.45, 2.75) is 17.8 Å². The second-order valence-electron chi connectivity index (χ2n) is 1.26. The van der Waals surface area contributed by atoms with Crippen LogP contribution < -0.4 is 113 Å². The van der Waals surface area contributed by atoms with Gasteiger partial charge in [0.2, 0.25) is 0 Å². The first-order valence-corrected chi connectivity index (χ1v) is 3.23. The molecule has 0 unspecified atom stereocenters. The summed E-state index contributed by atoms with van der Waals surface area (Å²) in [6.07, 6.45) is -2.33. The van der Waals surface area contributed by atoms with Crippen molar-refractivity contribution < 1.29 is 118 Å². The third-order valence-electron chi connectivity index (χ3n) is 0. The third kappa shape index (κ3) is 111. The number of hydrogen-bond donors (Lipinski definition) is 0. The number of carboxylic acid groups (broad SMARTS) is 2. The molecule has 0 rings (SSSR count). The smallest absolute Gasteiger partial charge is 0.652 e. The number of rotatable bonds is 0. The van der Waals surface area contributed by atoms with Gasteiger partial charge in [-0.15, -0.1) is 0 Å². The van der Waals surface area contributed by atoms with Crippen LogP contribution in [0.1, 0.15) is 13.8 Å². The van der Waals surface area contributed by atoms with Gasteiger partial charge in [-0.2, -0.15) is 0 Å². The monoisotopic (exact) mass is 308 g/mol. The Labute approximate surface area is 160 Å². The van der Waals surface area contributed by atoms with Crippen molar-refractivity contribution in [1.29, 1.82) is 0 Å². The van der Waals surface area contributed by atoms with Crippen molar-refractivity contribution in [2.75, 3.05) is 0 Å². The summed E-state index contributed by atoms with van der Waals surface area (Å²) < 4.78 is 0.803. The number of halogens is 1. The average Bonchev–Trinajstić information content (AvgIpc) is 1.25.